The van der Waals surface area contributed by atoms with Gasteiger partial charge in [-0.3, -0.25) is 0 Å². The molecule has 2 nitrogen and oxygen atoms in total. The van der Waals surface area contributed by atoms with Gasteiger partial charge in [0.15, 0.2) is 5.01 Å². The predicted molar refractivity (Wildman–Crippen MR) is 66.2 cm³/mol. The highest BCUT2D eigenvalue weighted by Crippen LogP contribution is 2.18. The SMILES string of the molecule is CCN(CC)C(=S)c1nc(C)c(C)s1. The summed E-state index contributed by atoms with van der Waals surface area (Å²) < 4.78 is 0. The first-order chi connectivity index (χ1) is 6.60. The summed E-state index contributed by atoms with van der Waals surface area (Å²) in [5.41, 5.74) is 1.10. The average molecular weight is 228 g/mol. The lowest BCUT2D eigenvalue weighted by atomic mass is 10.4. The predicted octanol–water partition coefficient (Wildman–Crippen LogP) is 2.78. The van der Waals surface area contributed by atoms with Gasteiger partial charge in [-0.1, -0.05) is 12.2 Å². The van der Waals surface area contributed by atoms with Crippen LogP contribution in [0.3, 0.4) is 0 Å². The van der Waals surface area contributed by atoms with Crippen LogP contribution in [-0.2, 0) is 0 Å². The summed E-state index contributed by atoms with van der Waals surface area (Å²) in [6.45, 7) is 10.2. The minimum atomic E-state index is 0.885. The van der Waals surface area contributed by atoms with E-state index in [4.69, 9.17) is 12.2 Å². The standard InChI is InChI=1S/C10H16N2S2/c1-5-12(6-2)10(13)9-11-7(3)8(4)14-9/h5-6H2,1-4H3. The number of hydrogen-bond acceptors (Lipinski definition) is 3. The molecule has 0 amide bonds. The average Bonchev–Trinajstić information content (AvgIpc) is 2.49. The molecule has 0 atom stereocenters. The van der Waals surface area contributed by atoms with E-state index < -0.39 is 0 Å². The van der Waals surface area contributed by atoms with Crippen molar-refractivity contribution < 1.29 is 0 Å². The van der Waals surface area contributed by atoms with Crippen molar-refractivity contribution in [2.45, 2.75) is 27.7 Å². The highest BCUT2D eigenvalue weighted by atomic mass is 32.1. The Morgan fingerprint density at radius 1 is 1.36 bits per heavy atom. The van der Waals surface area contributed by atoms with Crippen molar-refractivity contribution in [3.63, 3.8) is 0 Å². The van der Waals surface area contributed by atoms with Gasteiger partial charge in [0.2, 0.25) is 0 Å². The van der Waals surface area contributed by atoms with E-state index in [1.54, 1.807) is 11.3 Å². The van der Waals surface area contributed by atoms with Crippen molar-refractivity contribution in [1.29, 1.82) is 0 Å². The highest BCUT2D eigenvalue weighted by molar-refractivity contribution is 7.81. The third-order valence-corrected chi connectivity index (χ3v) is 3.92. The number of hydrogen-bond donors (Lipinski definition) is 0. The number of thiazole rings is 1. The monoisotopic (exact) mass is 228 g/mol. The second-order valence-electron chi connectivity index (χ2n) is 3.14. The van der Waals surface area contributed by atoms with E-state index in [0.29, 0.717) is 0 Å². The summed E-state index contributed by atoms with van der Waals surface area (Å²) in [6, 6.07) is 0. The molecule has 0 aliphatic carbocycles. The first-order valence-electron chi connectivity index (χ1n) is 4.83. The summed E-state index contributed by atoms with van der Waals surface area (Å²) >= 11 is 7.07. The lowest BCUT2D eigenvalue weighted by Crippen LogP contribution is -2.29. The second-order valence-corrected chi connectivity index (χ2v) is 4.73. The first-order valence-corrected chi connectivity index (χ1v) is 6.05. The Balaban J connectivity index is 2.88. The molecule has 0 spiro atoms. The van der Waals surface area contributed by atoms with Gasteiger partial charge < -0.3 is 4.90 Å². The molecule has 78 valence electrons. The smallest absolute Gasteiger partial charge is 0.151 e. The summed E-state index contributed by atoms with van der Waals surface area (Å²) in [5, 5.41) is 0.985. The maximum atomic E-state index is 5.39. The van der Waals surface area contributed by atoms with Crippen LogP contribution in [0.15, 0.2) is 0 Å². The quantitative estimate of drug-likeness (QED) is 0.740. The molecule has 1 rings (SSSR count). The molecule has 4 heteroatoms. The van der Waals surface area contributed by atoms with Crippen LogP contribution in [0, 0.1) is 13.8 Å². The molecule has 1 heterocycles. The van der Waals surface area contributed by atoms with Crippen LogP contribution in [0.2, 0.25) is 0 Å². The number of aromatic nitrogens is 1. The molecule has 1 aromatic heterocycles. The van der Waals surface area contributed by atoms with E-state index in [0.717, 1.165) is 28.8 Å². The van der Waals surface area contributed by atoms with E-state index in [1.807, 2.05) is 6.92 Å². The molecule has 0 bridgehead atoms. The van der Waals surface area contributed by atoms with Crippen molar-refractivity contribution in [3.05, 3.63) is 15.6 Å². The fraction of sp³-hybridized carbons (Fsp3) is 0.600. The van der Waals surface area contributed by atoms with Crippen LogP contribution in [0.4, 0.5) is 0 Å². The van der Waals surface area contributed by atoms with Gasteiger partial charge in [-0.25, -0.2) is 4.98 Å². The third-order valence-electron chi connectivity index (χ3n) is 2.26. The van der Waals surface area contributed by atoms with E-state index in [-0.39, 0.29) is 0 Å². The summed E-state index contributed by atoms with van der Waals surface area (Å²) in [4.78, 5) is 8.77. The zero-order chi connectivity index (χ0) is 10.7. The number of rotatable bonds is 3. The van der Waals surface area contributed by atoms with E-state index in [2.05, 4.69) is 30.7 Å². The Hall–Kier alpha value is -0.480. The molecule has 0 radical (unpaired) electrons. The van der Waals surface area contributed by atoms with E-state index >= 15 is 0 Å². The summed E-state index contributed by atoms with van der Waals surface area (Å²) in [7, 11) is 0. The highest BCUT2D eigenvalue weighted by Gasteiger charge is 2.12. The van der Waals surface area contributed by atoms with Gasteiger partial charge >= 0.3 is 0 Å². The van der Waals surface area contributed by atoms with Gasteiger partial charge in [-0.05, 0) is 27.7 Å². The number of nitrogens with zero attached hydrogens (tertiary/aromatic N) is 2. The van der Waals surface area contributed by atoms with Crippen LogP contribution in [0.25, 0.3) is 0 Å². The molecular formula is C10H16N2S2. The van der Waals surface area contributed by atoms with E-state index in [1.165, 1.54) is 4.88 Å². The Kier molecular flexibility index (Phi) is 4.01. The topological polar surface area (TPSA) is 16.1 Å². The van der Waals surface area contributed by atoms with Gasteiger partial charge in [0, 0.05) is 18.0 Å². The van der Waals surface area contributed by atoms with Gasteiger partial charge in [0.1, 0.15) is 4.99 Å². The molecular weight excluding hydrogens is 212 g/mol. The molecule has 0 fully saturated rings. The van der Waals surface area contributed by atoms with Crippen molar-refractivity contribution in [3.8, 4) is 0 Å². The molecule has 0 saturated carbocycles. The zero-order valence-corrected chi connectivity index (χ0v) is 10.8. The largest absolute Gasteiger partial charge is 0.361 e. The lowest BCUT2D eigenvalue weighted by molar-refractivity contribution is 0.474. The molecule has 0 aliphatic rings. The molecule has 0 aromatic carbocycles. The van der Waals surface area contributed by atoms with Gasteiger partial charge in [0.25, 0.3) is 0 Å². The molecule has 0 N–H and O–H groups in total. The molecule has 0 saturated heterocycles. The lowest BCUT2D eigenvalue weighted by Gasteiger charge is -2.19. The minimum absolute atomic E-state index is 0.885. The Morgan fingerprint density at radius 3 is 2.29 bits per heavy atom. The van der Waals surface area contributed by atoms with Crippen LogP contribution < -0.4 is 0 Å². The normalized spacial score (nSPS) is 10.3. The van der Waals surface area contributed by atoms with Gasteiger partial charge in [0.05, 0.1) is 5.69 Å². The Labute approximate surface area is 95.0 Å². The van der Waals surface area contributed by atoms with Gasteiger partial charge in [-0.2, -0.15) is 0 Å². The third kappa shape index (κ3) is 2.30. The molecule has 0 unspecified atom stereocenters. The van der Waals surface area contributed by atoms with Crippen molar-refractivity contribution in [1.82, 2.24) is 9.88 Å². The molecule has 14 heavy (non-hydrogen) atoms. The first kappa shape index (κ1) is 11.6. The second kappa shape index (κ2) is 4.84. The maximum absolute atomic E-state index is 5.39. The fourth-order valence-electron chi connectivity index (χ4n) is 1.21. The van der Waals surface area contributed by atoms with Crippen LogP contribution in [0.5, 0.6) is 0 Å². The number of thiocarbonyl (C=S) groups is 1. The molecule has 1 aromatic rings. The van der Waals surface area contributed by atoms with Crippen LogP contribution in [-0.4, -0.2) is 28.0 Å². The molecule has 0 aliphatic heterocycles. The summed E-state index contributed by atoms with van der Waals surface area (Å²) in [5.74, 6) is 0. The van der Waals surface area contributed by atoms with Crippen molar-refractivity contribution >= 4 is 28.5 Å². The maximum Gasteiger partial charge on any atom is 0.151 e. The van der Waals surface area contributed by atoms with Crippen LogP contribution in [0.1, 0.15) is 29.4 Å². The van der Waals surface area contributed by atoms with E-state index in [9.17, 15) is 0 Å². The van der Waals surface area contributed by atoms with Crippen molar-refractivity contribution in [2.24, 2.45) is 0 Å². The van der Waals surface area contributed by atoms with Gasteiger partial charge in [-0.15, -0.1) is 11.3 Å². The zero-order valence-electron chi connectivity index (χ0n) is 9.13. The van der Waals surface area contributed by atoms with Crippen LogP contribution >= 0.6 is 23.6 Å². The number of aryl methyl sites for hydroxylation is 2. The Morgan fingerprint density at radius 2 is 1.93 bits per heavy atom. The fourth-order valence-corrected chi connectivity index (χ4v) is 2.52. The summed E-state index contributed by atoms with van der Waals surface area (Å²) in [6.07, 6.45) is 0. The minimum Gasteiger partial charge on any atom is -0.361 e. The van der Waals surface area contributed by atoms with Crippen molar-refractivity contribution in [2.75, 3.05) is 13.1 Å². The Bertz CT molecular complexity index is 307.